The molecule has 1 aliphatic carbocycles. The molecule has 1 aromatic carbocycles. The highest BCUT2D eigenvalue weighted by Crippen LogP contribution is 2.39. The maximum atomic E-state index is 13.8. The fourth-order valence-electron chi connectivity index (χ4n) is 4.34. The Morgan fingerprint density at radius 3 is 2.52 bits per heavy atom. The minimum absolute atomic E-state index is 0.0275. The molecule has 0 radical (unpaired) electrons. The molecule has 138 valence electrons. The Balaban J connectivity index is 1.76. The van der Waals surface area contributed by atoms with E-state index in [1.807, 2.05) is 6.07 Å². The van der Waals surface area contributed by atoms with Gasteiger partial charge in [-0.3, -0.25) is 4.79 Å². The molecule has 25 heavy (non-hydrogen) atoms. The third-order valence-electron chi connectivity index (χ3n) is 6.16. The number of benzene rings is 1. The molecule has 1 heterocycles. The summed E-state index contributed by atoms with van der Waals surface area (Å²) >= 11 is 0. The summed E-state index contributed by atoms with van der Waals surface area (Å²) in [4.78, 5) is 12.9. The summed E-state index contributed by atoms with van der Waals surface area (Å²) in [6, 6.07) is 6.87. The Morgan fingerprint density at radius 2 is 1.88 bits per heavy atom. The van der Waals surface area contributed by atoms with Gasteiger partial charge in [-0.1, -0.05) is 31.4 Å². The molecule has 1 saturated carbocycles. The maximum absolute atomic E-state index is 13.8. The van der Waals surface area contributed by atoms with Crippen molar-refractivity contribution >= 4 is 5.91 Å². The number of carbonyl (C=O) groups excluding carboxylic acids is 1. The fraction of sp³-hybridized carbons (Fsp3) is 0.650. The first-order valence-electron chi connectivity index (χ1n) is 9.42. The van der Waals surface area contributed by atoms with Gasteiger partial charge in [0.05, 0.1) is 5.41 Å². The Hall–Kier alpha value is -1.46. The summed E-state index contributed by atoms with van der Waals surface area (Å²) in [5, 5.41) is 3.18. The standard InChI is InChI=1S/C20H29FN2O2/c21-17-6-4-5-16(13-17)20(7-2-1-3-8-20)15-23-18(24)19(14-22)9-11-25-12-10-19/h4-6,13H,1-3,7-12,14-15,22H2,(H,23,24). The lowest BCUT2D eigenvalue weighted by Crippen LogP contribution is -2.52. The second kappa shape index (κ2) is 7.83. The molecule has 5 heteroatoms. The summed E-state index contributed by atoms with van der Waals surface area (Å²) in [6.07, 6.45) is 6.73. The van der Waals surface area contributed by atoms with Gasteiger partial charge in [0.15, 0.2) is 0 Å². The predicted molar refractivity (Wildman–Crippen MR) is 95.7 cm³/mol. The van der Waals surface area contributed by atoms with Crippen molar-refractivity contribution in [1.82, 2.24) is 5.32 Å². The van der Waals surface area contributed by atoms with Gasteiger partial charge in [-0.25, -0.2) is 4.39 Å². The number of amides is 1. The first-order valence-corrected chi connectivity index (χ1v) is 9.42. The molecule has 0 aromatic heterocycles. The SMILES string of the molecule is NCC1(C(=O)NCC2(c3cccc(F)c3)CCCCC2)CCOCC1. The van der Waals surface area contributed by atoms with E-state index in [4.69, 9.17) is 10.5 Å². The van der Waals surface area contributed by atoms with Crippen LogP contribution in [0.2, 0.25) is 0 Å². The average molecular weight is 348 g/mol. The molecule has 0 bridgehead atoms. The van der Waals surface area contributed by atoms with Gasteiger partial charge in [-0.15, -0.1) is 0 Å². The molecule has 0 spiro atoms. The molecule has 0 atom stereocenters. The number of nitrogens with one attached hydrogen (secondary N) is 1. The van der Waals surface area contributed by atoms with Crippen LogP contribution in [0.1, 0.15) is 50.5 Å². The lowest BCUT2D eigenvalue weighted by molar-refractivity contribution is -0.136. The van der Waals surface area contributed by atoms with Gasteiger partial charge in [0.25, 0.3) is 0 Å². The van der Waals surface area contributed by atoms with E-state index < -0.39 is 5.41 Å². The number of halogens is 1. The third kappa shape index (κ3) is 3.87. The van der Waals surface area contributed by atoms with Gasteiger partial charge in [0.2, 0.25) is 5.91 Å². The highest BCUT2D eigenvalue weighted by Gasteiger charge is 2.41. The molecule has 1 aliphatic heterocycles. The van der Waals surface area contributed by atoms with E-state index in [1.165, 1.54) is 12.5 Å². The third-order valence-corrected chi connectivity index (χ3v) is 6.16. The van der Waals surface area contributed by atoms with Gasteiger partial charge in [-0.2, -0.15) is 0 Å². The van der Waals surface area contributed by atoms with Crippen LogP contribution >= 0.6 is 0 Å². The number of nitrogens with two attached hydrogens (primary N) is 1. The van der Waals surface area contributed by atoms with E-state index in [9.17, 15) is 9.18 Å². The van der Waals surface area contributed by atoms with Crippen LogP contribution in [0.25, 0.3) is 0 Å². The van der Waals surface area contributed by atoms with Crippen LogP contribution in [-0.4, -0.2) is 32.2 Å². The molecule has 1 amide bonds. The highest BCUT2D eigenvalue weighted by atomic mass is 19.1. The van der Waals surface area contributed by atoms with E-state index in [-0.39, 0.29) is 17.1 Å². The Kier molecular flexibility index (Phi) is 5.74. The Labute approximate surface area is 149 Å². The van der Waals surface area contributed by atoms with Crippen LogP contribution < -0.4 is 11.1 Å². The zero-order chi connectivity index (χ0) is 17.8. The van der Waals surface area contributed by atoms with E-state index in [1.54, 1.807) is 12.1 Å². The topological polar surface area (TPSA) is 64.4 Å². The van der Waals surface area contributed by atoms with Crippen molar-refractivity contribution < 1.29 is 13.9 Å². The largest absolute Gasteiger partial charge is 0.381 e. The molecule has 1 saturated heterocycles. The molecule has 3 N–H and O–H groups in total. The maximum Gasteiger partial charge on any atom is 0.227 e. The zero-order valence-corrected chi connectivity index (χ0v) is 14.9. The van der Waals surface area contributed by atoms with Crippen LogP contribution in [0.15, 0.2) is 24.3 Å². The quantitative estimate of drug-likeness (QED) is 0.860. The van der Waals surface area contributed by atoms with Crippen molar-refractivity contribution in [2.24, 2.45) is 11.1 Å². The number of ether oxygens (including phenoxy) is 1. The summed E-state index contributed by atoms with van der Waals surface area (Å²) < 4.78 is 19.2. The summed E-state index contributed by atoms with van der Waals surface area (Å²) in [6.45, 7) is 2.06. The summed E-state index contributed by atoms with van der Waals surface area (Å²) in [5.41, 5.74) is 6.26. The van der Waals surface area contributed by atoms with E-state index >= 15 is 0 Å². The second-order valence-corrected chi connectivity index (χ2v) is 7.63. The van der Waals surface area contributed by atoms with Gasteiger partial charge >= 0.3 is 0 Å². The zero-order valence-electron chi connectivity index (χ0n) is 14.9. The van der Waals surface area contributed by atoms with Crippen LogP contribution in [0.4, 0.5) is 4.39 Å². The molecule has 3 rings (SSSR count). The first kappa shape index (κ1) is 18.3. The minimum Gasteiger partial charge on any atom is -0.381 e. The summed E-state index contributed by atoms with van der Waals surface area (Å²) in [7, 11) is 0. The summed E-state index contributed by atoms with van der Waals surface area (Å²) in [5.74, 6) is -0.184. The van der Waals surface area contributed by atoms with Gasteiger partial charge < -0.3 is 15.8 Å². The fourth-order valence-corrected chi connectivity index (χ4v) is 4.34. The van der Waals surface area contributed by atoms with Crippen LogP contribution in [0.5, 0.6) is 0 Å². The van der Waals surface area contributed by atoms with E-state index in [0.29, 0.717) is 39.1 Å². The van der Waals surface area contributed by atoms with Gasteiger partial charge in [0.1, 0.15) is 5.82 Å². The van der Waals surface area contributed by atoms with Crippen LogP contribution in [0.3, 0.4) is 0 Å². The average Bonchev–Trinajstić information content (AvgIpc) is 2.67. The minimum atomic E-state index is -0.518. The molecular formula is C20H29FN2O2. The number of hydrogen-bond donors (Lipinski definition) is 2. The van der Waals surface area contributed by atoms with Crippen LogP contribution in [-0.2, 0) is 14.9 Å². The number of rotatable bonds is 5. The Bertz CT molecular complexity index is 593. The van der Waals surface area contributed by atoms with Gasteiger partial charge in [-0.05, 0) is 43.4 Å². The van der Waals surface area contributed by atoms with Gasteiger partial charge in [0, 0.05) is 31.7 Å². The second-order valence-electron chi connectivity index (χ2n) is 7.63. The van der Waals surface area contributed by atoms with E-state index in [0.717, 1.165) is 31.2 Å². The van der Waals surface area contributed by atoms with Crippen molar-refractivity contribution in [3.05, 3.63) is 35.6 Å². The lowest BCUT2D eigenvalue weighted by atomic mass is 9.69. The molecule has 2 aliphatic rings. The van der Waals surface area contributed by atoms with Crippen molar-refractivity contribution in [2.45, 2.75) is 50.4 Å². The highest BCUT2D eigenvalue weighted by molar-refractivity contribution is 5.83. The molecule has 1 aromatic rings. The first-order chi connectivity index (χ1) is 12.1. The van der Waals surface area contributed by atoms with Crippen LogP contribution in [0, 0.1) is 11.2 Å². The number of carbonyl (C=O) groups is 1. The smallest absolute Gasteiger partial charge is 0.227 e. The monoisotopic (exact) mass is 348 g/mol. The van der Waals surface area contributed by atoms with Crippen molar-refractivity contribution in [2.75, 3.05) is 26.3 Å². The van der Waals surface area contributed by atoms with Crippen molar-refractivity contribution in [3.8, 4) is 0 Å². The van der Waals surface area contributed by atoms with Crippen molar-refractivity contribution in [1.29, 1.82) is 0 Å². The molecule has 4 nitrogen and oxygen atoms in total. The number of hydrogen-bond acceptors (Lipinski definition) is 3. The van der Waals surface area contributed by atoms with E-state index in [2.05, 4.69) is 5.32 Å². The molecular weight excluding hydrogens is 319 g/mol. The molecule has 0 unspecified atom stereocenters. The van der Waals surface area contributed by atoms with Crippen molar-refractivity contribution in [3.63, 3.8) is 0 Å². The lowest BCUT2D eigenvalue weighted by Gasteiger charge is -2.40. The molecule has 2 fully saturated rings. The normalized spacial score (nSPS) is 22.3. The Morgan fingerprint density at radius 1 is 1.16 bits per heavy atom. The predicted octanol–water partition coefficient (Wildman–Crippen LogP) is 2.90.